The zero-order valence-corrected chi connectivity index (χ0v) is 8.10. The molecule has 13 heavy (non-hydrogen) atoms. The minimum absolute atomic E-state index is 0.154. The molecule has 0 saturated carbocycles. The molecule has 0 bridgehead atoms. The monoisotopic (exact) mass is 186 g/mol. The fourth-order valence-corrected chi connectivity index (χ4v) is 1.14. The third-order valence-electron chi connectivity index (χ3n) is 2.02. The summed E-state index contributed by atoms with van der Waals surface area (Å²) in [5, 5.41) is 0. The molecule has 0 saturated heterocycles. The van der Waals surface area contributed by atoms with E-state index in [1.165, 1.54) is 6.08 Å². The standard InChI is InChI=1S/C10H15FO2/c1-8-3-4-9(7-10(8)11)13-6-5-12-2/h7H,3-6H2,1-2H3. The van der Waals surface area contributed by atoms with Crippen molar-refractivity contribution in [3.8, 4) is 0 Å². The molecule has 0 heterocycles. The molecule has 3 heteroatoms. The molecule has 0 unspecified atom stereocenters. The van der Waals surface area contributed by atoms with E-state index in [0.717, 1.165) is 24.2 Å². The summed E-state index contributed by atoms with van der Waals surface area (Å²) in [6, 6.07) is 0. The molecular formula is C10H15FO2. The van der Waals surface area contributed by atoms with Crippen molar-refractivity contribution < 1.29 is 13.9 Å². The third kappa shape index (κ3) is 3.19. The van der Waals surface area contributed by atoms with Crippen LogP contribution in [0.2, 0.25) is 0 Å². The van der Waals surface area contributed by atoms with Gasteiger partial charge in [-0.25, -0.2) is 4.39 Å². The molecule has 1 rings (SSSR count). The Bertz CT molecular complexity index is 231. The number of halogens is 1. The number of allylic oxidation sites excluding steroid dienone is 4. The average Bonchev–Trinajstić information content (AvgIpc) is 2.12. The summed E-state index contributed by atoms with van der Waals surface area (Å²) in [4.78, 5) is 0. The van der Waals surface area contributed by atoms with Gasteiger partial charge in [0.15, 0.2) is 0 Å². The summed E-state index contributed by atoms with van der Waals surface area (Å²) in [6.07, 6.45) is 3.02. The number of methoxy groups -OCH3 is 1. The molecule has 0 fully saturated rings. The van der Waals surface area contributed by atoms with E-state index in [0.29, 0.717) is 13.2 Å². The lowest BCUT2D eigenvalue weighted by atomic mass is 10.0. The second kappa shape index (κ2) is 5.02. The van der Waals surface area contributed by atoms with Crippen LogP contribution in [0.4, 0.5) is 4.39 Å². The van der Waals surface area contributed by atoms with Gasteiger partial charge in [0.05, 0.1) is 12.4 Å². The van der Waals surface area contributed by atoms with Crippen LogP contribution < -0.4 is 0 Å². The second-order valence-corrected chi connectivity index (χ2v) is 3.08. The van der Waals surface area contributed by atoms with Crippen molar-refractivity contribution in [1.29, 1.82) is 0 Å². The molecule has 0 aromatic heterocycles. The van der Waals surface area contributed by atoms with Crippen molar-refractivity contribution in [1.82, 2.24) is 0 Å². The van der Waals surface area contributed by atoms with Gasteiger partial charge in [-0.15, -0.1) is 0 Å². The van der Waals surface area contributed by atoms with Crippen molar-refractivity contribution in [2.45, 2.75) is 19.8 Å². The van der Waals surface area contributed by atoms with Crippen molar-refractivity contribution in [3.63, 3.8) is 0 Å². The van der Waals surface area contributed by atoms with Gasteiger partial charge in [-0.3, -0.25) is 0 Å². The Morgan fingerprint density at radius 2 is 2.15 bits per heavy atom. The van der Waals surface area contributed by atoms with Crippen LogP contribution in [0.15, 0.2) is 23.2 Å². The zero-order valence-electron chi connectivity index (χ0n) is 8.10. The predicted octanol–water partition coefficient (Wildman–Crippen LogP) is 2.57. The van der Waals surface area contributed by atoms with E-state index in [1.54, 1.807) is 14.0 Å². The topological polar surface area (TPSA) is 18.5 Å². The van der Waals surface area contributed by atoms with Crippen LogP contribution in [0.1, 0.15) is 19.8 Å². The molecule has 1 aliphatic carbocycles. The maximum absolute atomic E-state index is 13.0. The van der Waals surface area contributed by atoms with E-state index in [1.807, 2.05) is 0 Å². The Balaban J connectivity index is 2.39. The molecule has 0 aromatic carbocycles. The van der Waals surface area contributed by atoms with Crippen LogP contribution in [0.5, 0.6) is 0 Å². The summed E-state index contributed by atoms with van der Waals surface area (Å²) in [5.41, 5.74) is 0.805. The molecule has 74 valence electrons. The van der Waals surface area contributed by atoms with Crippen molar-refractivity contribution in [2.75, 3.05) is 20.3 Å². The molecule has 0 aliphatic heterocycles. The van der Waals surface area contributed by atoms with E-state index in [-0.39, 0.29) is 5.83 Å². The molecular weight excluding hydrogens is 171 g/mol. The molecule has 0 spiro atoms. The van der Waals surface area contributed by atoms with Crippen molar-refractivity contribution in [2.24, 2.45) is 0 Å². The van der Waals surface area contributed by atoms with Gasteiger partial charge in [0.1, 0.15) is 12.4 Å². The predicted molar refractivity (Wildman–Crippen MR) is 49.0 cm³/mol. The highest BCUT2D eigenvalue weighted by atomic mass is 19.1. The first-order valence-electron chi connectivity index (χ1n) is 4.41. The normalized spacial score (nSPS) is 17.3. The zero-order chi connectivity index (χ0) is 9.68. The minimum Gasteiger partial charge on any atom is -0.495 e. The summed E-state index contributed by atoms with van der Waals surface area (Å²) >= 11 is 0. The number of hydrogen-bond acceptors (Lipinski definition) is 2. The summed E-state index contributed by atoms with van der Waals surface area (Å²) < 4.78 is 23.2. The van der Waals surface area contributed by atoms with E-state index >= 15 is 0 Å². The fraction of sp³-hybridized carbons (Fsp3) is 0.600. The van der Waals surface area contributed by atoms with E-state index in [4.69, 9.17) is 9.47 Å². The lowest BCUT2D eigenvalue weighted by Gasteiger charge is -2.14. The van der Waals surface area contributed by atoms with Crippen LogP contribution in [0, 0.1) is 0 Å². The van der Waals surface area contributed by atoms with Gasteiger partial charge in [0.25, 0.3) is 0 Å². The van der Waals surface area contributed by atoms with Gasteiger partial charge < -0.3 is 9.47 Å². The minimum atomic E-state index is -0.154. The van der Waals surface area contributed by atoms with Gasteiger partial charge in [-0.05, 0) is 18.9 Å². The summed E-state index contributed by atoms with van der Waals surface area (Å²) in [7, 11) is 1.61. The SMILES string of the molecule is COCCOC1=CC(F)=C(C)CC1. The average molecular weight is 186 g/mol. The Kier molecular flexibility index (Phi) is 3.96. The molecule has 2 nitrogen and oxygen atoms in total. The lowest BCUT2D eigenvalue weighted by molar-refractivity contribution is 0.105. The van der Waals surface area contributed by atoms with Crippen LogP contribution in [0.25, 0.3) is 0 Å². The number of rotatable bonds is 4. The molecule has 0 N–H and O–H groups in total. The molecule has 0 atom stereocenters. The van der Waals surface area contributed by atoms with Gasteiger partial charge in [0, 0.05) is 19.6 Å². The molecule has 0 radical (unpaired) electrons. The number of ether oxygens (including phenoxy) is 2. The second-order valence-electron chi connectivity index (χ2n) is 3.08. The lowest BCUT2D eigenvalue weighted by Crippen LogP contribution is -2.04. The summed E-state index contributed by atoms with van der Waals surface area (Å²) in [6.45, 7) is 2.84. The van der Waals surface area contributed by atoms with Crippen LogP contribution in [-0.2, 0) is 9.47 Å². The number of hydrogen-bond donors (Lipinski definition) is 0. The Morgan fingerprint density at radius 3 is 2.77 bits per heavy atom. The van der Waals surface area contributed by atoms with Crippen molar-refractivity contribution >= 4 is 0 Å². The van der Waals surface area contributed by atoms with Crippen molar-refractivity contribution in [3.05, 3.63) is 23.2 Å². The largest absolute Gasteiger partial charge is 0.495 e. The highest BCUT2D eigenvalue weighted by molar-refractivity contribution is 5.25. The highest BCUT2D eigenvalue weighted by Crippen LogP contribution is 2.24. The van der Waals surface area contributed by atoms with Crippen LogP contribution in [0.3, 0.4) is 0 Å². The van der Waals surface area contributed by atoms with Gasteiger partial charge in [-0.2, -0.15) is 0 Å². The summed E-state index contributed by atoms with van der Waals surface area (Å²) in [5.74, 6) is 0.568. The van der Waals surface area contributed by atoms with E-state index < -0.39 is 0 Å². The maximum atomic E-state index is 13.0. The van der Waals surface area contributed by atoms with Gasteiger partial charge >= 0.3 is 0 Å². The van der Waals surface area contributed by atoms with E-state index in [9.17, 15) is 4.39 Å². The quantitative estimate of drug-likeness (QED) is 0.628. The first kappa shape index (κ1) is 10.3. The fourth-order valence-electron chi connectivity index (χ4n) is 1.14. The Morgan fingerprint density at radius 1 is 1.38 bits per heavy atom. The Hall–Kier alpha value is -0.830. The maximum Gasteiger partial charge on any atom is 0.125 e. The highest BCUT2D eigenvalue weighted by Gasteiger charge is 2.10. The smallest absolute Gasteiger partial charge is 0.125 e. The van der Waals surface area contributed by atoms with Crippen LogP contribution in [-0.4, -0.2) is 20.3 Å². The Labute approximate surface area is 78.0 Å². The molecule has 1 aliphatic rings. The molecule has 0 amide bonds. The van der Waals surface area contributed by atoms with E-state index in [2.05, 4.69) is 0 Å². The molecule has 0 aromatic rings. The first-order chi connectivity index (χ1) is 6.24. The first-order valence-corrected chi connectivity index (χ1v) is 4.41. The van der Waals surface area contributed by atoms with Gasteiger partial charge in [0.2, 0.25) is 0 Å². The van der Waals surface area contributed by atoms with Gasteiger partial charge in [-0.1, -0.05) is 0 Å². The third-order valence-corrected chi connectivity index (χ3v) is 2.02. The van der Waals surface area contributed by atoms with Crippen LogP contribution >= 0.6 is 0 Å².